The van der Waals surface area contributed by atoms with Crippen LogP contribution in [0.4, 0.5) is 0 Å². The van der Waals surface area contributed by atoms with Crippen molar-refractivity contribution in [3.05, 3.63) is 47.6 Å². The Bertz CT molecular complexity index is 707. The Kier molecular flexibility index (Phi) is 7.17. The normalized spacial score (nSPS) is 19.5. The van der Waals surface area contributed by atoms with Gasteiger partial charge in [-0.15, -0.1) is 12.4 Å². The lowest BCUT2D eigenvalue weighted by atomic mass is 9.90. The number of nitrogens with two attached hydrogens (primary N) is 1. The van der Waals surface area contributed by atoms with Gasteiger partial charge in [0.25, 0.3) is 0 Å². The minimum Gasteiger partial charge on any atom is -0.342 e. The summed E-state index contributed by atoms with van der Waals surface area (Å²) in [6.45, 7) is 5.25. The van der Waals surface area contributed by atoms with E-state index < -0.39 is 0 Å². The molecule has 1 amide bonds. The van der Waals surface area contributed by atoms with Crippen molar-refractivity contribution in [1.29, 1.82) is 0 Å². The second-order valence-electron chi connectivity index (χ2n) is 6.95. The summed E-state index contributed by atoms with van der Waals surface area (Å²) in [5.74, 6) is 1.57. The molecule has 26 heavy (non-hydrogen) atoms. The maximum Gasteiger partial charge on any atom is 0.227 e. The van der Waals surface area contributed by atoms with Crippen molar-refractivity contribution >= 4 is 18.3 Å². The van der Waals surface area contributed by atoms with Gasteiger partial charge in [-0.05, 0) is 24.3 Å². The molecule has 6 nitrogen and oxygen atoms in total. The van der Waals surface area contributed by atoms with E-state index in [4.69, 9.17) is 10.3 Å². The molecule has 0 saturated carbocycles. The van der Waals surface area contributed by atoms with Crippen LogP contribution in [0.1, 0.15) is 43.1 Å². The van der Waals surface area contributed by atoms with Gasteiger partial charge in [0.1, 0.15) is 0 Å². The monoisotopic (exact) mass is 378 g/mol. The van der Waals surface area contributed by atoms with Gasteiger partial charge in [-0.3, -0.25) is 4.79 Å². The van der Waals surface area contributed by atoms with Gasteiger partial charge in [0, 0.05) is 32.5 Å². The lowest BCUT2D eigenvalue weighted by Crippen LogP contribution is -2.45. The van der Waals surface area contributed by atoms with E-state index >= 15 is 0 Å². The van der Waals surface area contributed by atoms with Crippen LogP contribution in [0.2, 0.25) is 0 Å². The van der Waals surface area contributed by atoms with Crippen molar-refractivity contribution in [3.8, 4) is 0 Å². The SMILES string of the molecule is Cc1nc(CC2CCCN(C(=O)C(C)C(N)c3ccccc3)C2)no1.Cl. The molecular weight excluding hydrogens is 352 g/mol. The highest BCUT2D eigenvalue weighted by molar-refractivity contribution is 5.85. The number of piperidine rings is 1. The van der Waals surface area contributed by atoms with Gasteiger partial charge in [-0.25, -0.2) is 0 Å². The first-order valence-electron chi connectivity index (χ1n) is 8.93. The molecule has 1 aliphatic rings. The molecule has 2 N–H and O–H groups in total. The van der Waals surface area contributed by atoms with E-state index in [1.807, 2.05) is 42.2 Å². The molecule has 1 saturated heterocycles. The smallest absolute Gasteiger partial charge is 0.227 e. The third-order valence-corrected chi connectivity index (χ3v) is 4.98. The van der Waals surface area contributed by atoms with Gasteiger partial charge >= 0.3 is 0 Å². The fourth-order valence-corrected chi connectivity index (χ4v) is 3.52. The Labute approximate surface area is 160 Å². The number of hydrogen-bond acceptors (Lipinski definition) is 5. The van der Waals surface area contributed by atoms with Crippen molar-refractivity contribution in [3.63, 3.8) is 0 Å². The van der Waals surface area contributed by atoms with Gasteiger partial charge in [0.05, 0.1) is 5.92 Å². The molecular formula is C19H27ClN4O2. The molecule has 1 aromatic heterocycles. The maximum absolute atomic E-state index is 12.9. The molecule has 7 heteroatoms. The fourth-order valence-electron chi connectivity index (χ4n) is 3.52. The molecule has 2 aromatic rings. The average molecular weight is 379 g/mol. The lowest BCUT2D eigenvalue weighted by Gasteiger charge is -2.35. The molecule has 1 aliphatic heterocycles. The number of benzene rings is 1. The number of aromatic nitrogens is 2. The summed E-state index contributed by atoms with van der Waals surface area (Å²) in [5.41, 5.74) is 7.33. The highest BCUT2D eigenvalue weighted by Crippen LogP contribution is 2.25. The molecule has 2 heterocycles. The minimum atomic E-state index is -0.283. The zero-order valence-corrected chi connectivity index (χ0v) is 16.1. The number of halogens is 1. The van der Waals surface area contributed by atoms with Gasteiger partial charge in [-0.2, -0.15) is 4.98 Å². The number of carbonyl (C=O) groups excluding carboxylic acids is 1. The van der Waals surface area contributed by atoms with E-state index in [9.17, 15) is 4.79 Å². The van der Waals surface area contributed by atoms with Crippen molar-refractivity contribution in [2.75, 3.05) is 13.1 Å². The van der Waals surface area contributed by atoms with Crippen LogP contribution < -0.4 is 5.73 Å². The second kappa shape index (κ2) is 9.14. The van der Waals surface area contributed by atoms with Crippen LogP contribution in [0.25, 0.3) is 0 Å². The van der Waals surface area contributed by atoms with E-state index in [0.717, 1.165) is 43.7 Å². The van der Waals surface area contributed by atoms with Crippen LogP contribution in [0.5, 0.6) is 0 Å². The Hall–Kier alpha value is -1.92. The number of hydrogen-bond donors (Lipinski definition) is 1. The molecule has 0 spiro atoms. The molecule has 3 unspecified atom stereocenters. The summed E-state index contributed by atoms with van der Waals surface area (Å²) < 4.78 is 5.04. The Morgan fingerprint density at radius 1 is 1.38 bits per heavy atom. The predicted octanol–water partition coefficient (Wildman–Crippen LogP) is 2.92. The van der Waals surface area contributed by atoms with E-state index in [1.54, 1.807) is 6.92 Å². The van der Waals surface area contributed by atoms with Crippen LogP contribution in [0.15, 0.2) is 34.9 Å². The van der Waals surface area contributed by atoms with Gasteiger partial charge in [0.2, 0.25) is 11.8 Å². The molecule has 0 aliphatic carbocycles. The lowest BCUT2D eigenvalue weighted by molar-refractivity contribution is -0.137. The molecule has 1 fully saturated rings. The van der Waals surface area contributed by atoms with Crippen LogP contribution in [0, 0.1) is 18.8 Å². The first kappa shape index (κ1) is 20.4. The summed E-state index contributed by atoms with van der Waals surface area (Å²) in [6, 6.07) is 9.54. The minimum absolute atomic E-state index is 0. The summed E-state index contributed by atoms with van der Waals surface area (Å²) in [4.78, 5) is 19.1. The third kappa shape index (κ3) is 4.83. The van der Waals surface area contributed by atoms with Crippen LogP contribution in [-0.2, 0) is 11.2 Å². The highest BCUT2D eigenvalue weighted by atomic mass is 35.5. The van der Waals surface area contributed by atoms with E-state index in [1.165, 1.54) is 0 Å². The van der Waals surface area contributed by atoms with E-state index in [-0.39, 0.29) is 30.3 Å². The molecule has 3 rings (SSSR count). The van der Waals surface area contributed by atoms with Crippen LogP contribution in [-0.4, -0.2) is 34.0 Å². The fraction of sp³-hybridized carbons (Fsp3) is 0.526. The zero-order chi connectivity index (χ0) is 17.8. The van der Waals surface area contributed by atoms with E-state index in [0.29, 0.717) is 11.8 Å². The zero-order valence-electron chi connectivity index (χ0n) is 15.3. The first-order chi connectivity index (χ1) is 12.0. The molecule has 3 atom stereocenters. The van der Waals surface area contributed by atoms with Gasteiger partial charge < -0.3 is 15.2 Å². The Morgan fingerprint density at radius 2 is 2.12 bits per heavy atom. The van der Waals surface area contributed by atoms with E-state index in [2.05, 4.69) is 10.1 Å². The first-order valence-corrected chi connectivity index (χ1v) is 8.93. The van der Waals surface area contributed by atoms with Crippen molar-refractivity contribution < 1.29 is 9.32 Å². The number of carbonyl (C=O) groups is 1. The number of nitrogens with zero attached hydrogens (tertiary/aromatic N) is 3. The van der Waals surface area contributed by atoms with Gasteiger partial charge in [0.15, 0.2) is 5.82 Å². The number of rotatable bonds is 5. The summed E-state index contributed by atoms with van der Waals surface area (Å²) in [5, 5.41) is 3.97. The van der Waals surface area contributed by atoms with Crippen molar-refractivity contribution in [1.82, 2.24) is 15.0 Å². The standard InChI is InChI=1S/C19H26N4O2.ClH/c1-13(18(20)16-8-4-3-5-9-16)19(24)23-10-6-7-15(12-23)11-17-21-14(2)25-22-17;/h3-5,8-9,13,15,18H,6-7,10-12,20H2,1-2H3;1H. The maximum atomic E-state index is 12.9. The van der Waals surface area contributed by atoms with Crippen LogP contribution in [0.3, 0.4) is 0 Å². The Morgan fingerprint density at radius 3 is 2.77 bits per heavy atom. The summed E-state index contributed by atoms with van der Waals surface area (Å²) in [6.07, 6.45) is 2.83. The molecule has 142 valence electrons. The molecule has 0 radical (unpaired) electrons. The average Bonchev–Trinajstić information content (AvgIpc) is 3.05. The topological polar surface area (TPSA) is 85.2 Å². The van der Waals surface area contributed by atoms with Gasteiger partial charge in [-0.1, -0.05) is 42.4 Å². The quantitative estimate of drug-likeness (QED) is 0.864. The van der Waals surface area contributed by atoms with Crippen molar-refractivity contribution in [2.45, 2.75) is 39.2 Å². The number of amides is 1. The Balaban J connectivity index is 0.00000243. The molecule has 1 aromatic carbocycles. The third-order valence-electron chi connectivity index (χ3n) is 4.98. The summed E-state index contributed by atoms with van der Waals surface area (Å²) in [7, 11) is 0. The largest absolute Gasteiger partial charge is 0.342 e. The highest BCUT2D eigenvalue weighted by Gasteiger charge is 2.30. The van der Waals surface area contributed by atoms with Crippen molar-refractivity contribution in [2.24, 2.45) is 17.6 Å². The summed E-state index contributed by atoms with van der Waals surface area (Å²) >= 11 is 0. The molecule has 0 bridgehead atoms. The number of aryl methyl sites for hydroxylation is 1. The van der Waals surface area contributed by atoms with Crippen LogP contribution >= 0.6 is 12.4 Å². The second-order valence-corrected chi connectivity index (χ2v) is 6.95. The number of likely N-dealkylation sites (tertiary alicyclic amines) is 1. The predicted molar refractivity (Wildman–Crippen MR) is 102 cm³/mol.